The summed E-state index contributed by atoms with van der Waals surface area (Å²) in [4.78, 5) is 0. The van der Waals surface area contributed by atoms with Crippen molar-refractivity contribution in [2.45, 2.75) is 13.0 Å². The summed E-state index contributed by atoms with van der Waals surface area (Å²) in [5.74, 6) is 1.18. The van der Waals surface area contributed by atoms with E-state index < -0.39 is 6.10 Å². The average molecular weight is 372 g/mol. The fourth-order valence-corrected chi connectivity index (χ4v) is 2.86. The zero-order chi connectivity index (χ0) is 15.6. The number of aryl methyl sites for hydroxylation is 1. The van der Waals surface area contributed by atoms with Crippen LogP contribution in [0.3, 0.4) is 0 Å². The fourth-order valence-electron chi connectivity index (χ4n) is 2.15. The van der Waals surface area contributed by atoms with Crippen molar-refractivity contribution in [3.8, 4) is 11.5 Å². The second-order valence-corrected chi connectivity index (χ2v) is 5.84. The van der Waals surface area contributed by atoms with Crippen LogP contribution < -0.4 is 9.47 Å². The Morgan fingerprint density at radius 1 is 1.10 bits per heavy atom. The Balaban J connectivity index is 2.56. The number of aliphatic hydroxyl groups excluding tert-OH is 1. The molecule has 0 saturated carbocycles. The van der Waals surface area contributed by atoms with Crippen LogP contribution in [0.1, 0.15) is 22.8 Å². The summed E-state index contributed by atoms with van der Waals surface area (Å²) in [6.07, 6.45) is -0.894. The highest BCUT2D eigenvalue weighted by molar-refractivity contribution is 9.10. The van der Waals surface area contributed by atoms with E-state index in [9.17, 15) is 5.11 Å². The molecule has 2 rings (SSSR count). The van der Waals surface area contributed by atoms with Gasteiger partial charge in [0, 0.05) is 16.1 Å². The lowest BCUT2D eigenvalue weighted by Crippen LogP contribution is -2.04. The Labute approximate surface area is 137 Å². The van der Waals surface area contributed by atoms with Crippen LogP contribution in [0.4, 0.5) is 0 Å². The zero-order valence-corrected chi connectivity index (χ0v) is 14.3. The Morgan fingerprint density at radius 3 is 2.38 bits per heavy atom. The van der Waals surface area contributed by atoms with E-state index in [4.69, 9.17) is 21.1 Å². The van der Waals surface area contributed by atoms with Crippen molar-refractivity contribution in [3.63, 3.8) is 0 Å². The van der Waals surface area contributed by atoms with Gasteiger partial charge in [-0.05, 0) is 40.5 Å². The molecule has 0 bridgehead atoms. The fraction of sp³-hybridized carbons (Fsp3) is 0.250. The van der Waals surface area contributed by atoms with Gasteiger partial charge < -0.3 is 14.6 Å². The summed E-state index contributed by atoms with van der Waals surface area (Å²) in [6, 6.07) is 9.07. The van der Waals surface area contributed by atoms with E-state index in [1.165, 1.54) is 0 Å². The van der Waals surface area contributed by atoms with Gasteiger partial charge in [0.1, 0.15) is 17.6 Å². The normalized spacial score (nSPS) is 12.1. The van der Waals surface area contributed by atoms with Crippen LogP contribution in [0, 0.1) is 6.92 Å². The van der Waals surface area contributed by atoms with E-state index in [-0.39, 0.29) is 0 Å². The molecule has 2 aromatic carbocycles. The number of hydrogen-bond donors (Lipinski definition) is 1. The largest absolute Gasteiger partial charge is 0.496 e. The van der Waals surface area contributed by atoms with Gasteiger partial charge in [0.2, 0.25) is 0 Å². The lowest BCUT2D eigenvalue weighted by molar-refractivity contribution is 0.214. The van der Waals surface area contributed by atoms with E-state index in [2.05, 4.69) is 15.9 Å². The minimum atomic E-state index is -0.894. The maximum atomic E-state index is 10.7. The number of methoxy groups -OCH3 is 2. The molecular formula is C16H16BrClO3. The van der Waals surface area contributed by atoms with Crippen LogP contribution in [0.15, 0.2) is 34.8 Å². The minimum Gasteiger partial charge on any atom is -0.496 e. The van der Waals surface area contributed by atoms with Crippen molar-refractivity contribution in [2.24, 2.45) is 0 Å². The average Bonchev–Trinajstić information content (AvgIpc) is 2.49. The first-order valence-corrected chi connectivity index (χ1v) is 7.51. The van der Waals surface area contributed by atoms with Gasteiger partial charge >= 0.3 is 0 Å². The molecule has 0 radical (unpaired) electrons. The topological polar surface area (TPSA) is 38.7 Å². The summed E-state index contributed by atoms with van der Waals surface area (Å²) < 4.78 is 11.4. The molecule has 0 spiro atoms. The molecule has 0 aliphatic heterocycles. The third kappa shape index (κ3) is 3.18. The molecule has 0 amide bonds. The van der Waals surface area contributed by atoms with E-state index in [0.29, 0.717) is 27.6 Å². The Bertz CT molecular complexity index is 658. The summed E-state index contributed by atoms with van der Waals surface area (Å²) in [6.45, 7) is 1.90. The highest BCUT2D eigenvalue weighted by Crippen LogP contribution is 2.39. The van der Waals surface area contributed by atoms with Crippen LogP contribution in [0.25, 0.3) is 0 Å². The minimum absolute atomic E-state index is 0.550. The lowest BCUT2D eigenvalue weighted by Gasteiger charge is -2.19. The van der Waals surface area contributed by atoms with Crippen molar-refractivity contribution < 1.29 is 14.6 Å². The third-order valence-corrected chi connectivity index (χ3v) is 4.45. The van der Waals surface area contributed by atoms with Gasteiger partial charge in [-0.15, -0.1) is 0 Å². The van der Waals surface area contributed by atoms with Crippen molar-refractivity contribution >= 4 is 27.5 Å². The molecule has 3 nitrogen and oxygen atoms in total. The Morgan fingerprint density at radius 2 is 1.76 bits per heavy atom. The summed E-state index contributed by atoms with van der Waals surface area (Å²) in [5.41, 5.74) is 2.15. The lowest BCUT2D eigenvalue weighted by atomic mass is 9.98. The Hall–Kier alpha value is -1.23. The van der Waals surface area contributed by atoms with Crippen LogP contribution in [0.5, 0.6) is 11.5 Å². The third-order valence-electron chi connectivity index (χ3n) is 3.31. The predicted octanol–water partition coefficient (Wildman–Crippen LogP) is 4.51. The smallest absolute Gasteiger partial charge is 0.133 e. The molecule has 0 aliphatic rings. The van der Waals surface area contributed by atoms with Gasteiger partial charge in [0.05, 0.1) is 18.7 Å². The molecule has 2 aromatic rings. The van der Waals surface area contributed by atoms with Gasteiger partial charge in [-0.2, -0.15) is 0 Å². The number of benzene rings is 2. The van der Waals surface area contributed by atoms with Crippen molar-refractivity contribution in [1.29, 1.82) is 0 Å². The first kappa shape index (κ1) is 16.1. The maximum absolute atomic E-state index is 10.7. The van der Waals surface area contributed by atoms with Gasteiger partial charge in [-0.1, -0.05) is 29.8 Å². The molecule has 21 heavy (non-hydrogen) atoms. The molecule has 112 valence electrons. The van der Waals surface area contributed by atoms with Gasteiger partial charge in [-0.3, -0.25) is 0 Å². The quantitative estimate of drug-likeness (QED) is 0.859. The van der Waals surface area contributed by atoms with Gasteiger partial charge in [0.15, 0.2) is 0 Å². The predicted molar refractivity (Wildman–Crippen MR) is 87.5 cm³/mol. The number of aliphatic hydroxyl groups is 1. The van der Waals surface area contributed by atoms with E-state index in [0.717, 1.165) is 10.0 Å². The highest BCUT2D eigenvalue weighted by atomic mass is 79.9. The van der Waals surface area contributed by atoms with Crippen LogP contribution in [-0.2, 0) is 0 Å². The first-order chi connectivity index (χ1) is 9.99. The van der Waals surface area contributed by atoms with Crippen molar-refractivity contribution in [1.82, 2.24) is 0 Å². The van der Waals surface area contributed by atoms with E-state index >= 15 is 0 Å². The molecule has 0 aliphatic carbocycles. The molecule has 0 saturated heterocycles. The monoisotopic (exact) mass is 370 g/mol. The zero-order valence-electron chi connectivity index (χ0n) is 12.0. The second kappa shape index (κ2) is 6.69. The highest BCUT2D eigenvalue weighted by Gasteiger charge is 2.21. The molecule has 1 N–H and O–H groups in total. The summed E-state index contributed by atoms with van der Waals surface area (Å²) >= 11 is 9.70. The van der Waals surface area contributed by atoms with E-state index in [1.807, 2.05) is 19.1 Å². The molecule has 1 atom stereocenters. The number of rotatable bonds is 4. The first-order valence-electron chi connectivity index (χ1n) is 6.34. The number of ether oxygens (including phenoxy) is 2. The molecule has 0 fully saturated rings. The molecular weight excluding hydrogens is 356 g/mol. The SMILES string of the molecule is COc1cc(C(O)c2cccc(C)c2Cl)c(OC)cc1Br. The molecule has 0 aromatic heterocycles. The second-order valence-electron chi connectivity index (χ2n) is 4.61. The number of halogens is 2. The summed E-state index contributed by atoms with van der Waals surface area (Å²) in [5, 5.41) is 11.2. The van der Waals surface area contributed by atoms with Crippen molar-refractivity contribution in [3.05, 3.63) is 56.5 Å². The van der Waals surface area contributed by atoms with Crippen LogP contribution in [0.2, 0.25) is 5.02 Å². The standard InChI is InChI=1S/C16H16BrClO3/c1-9-5-4-6-10(15(9)18)16(19)11-7-14(21-3)12(17)8-13(11)20-2/h4-8,16,19H,1-3H3. The van der Waals surface area contributed by atoms with E-state index in [1.54, 1.807) is 32.4 Å². The summed E-state index contributed by atoms with van der Waals surface area (Å²) in [7, 11) is 3.13. The van der Waals surface area contributed by atoms with Gasteiger partial charge in [0.25, 0.3) is 0 Å². The maximum Gasteiger partial charge on any atom is 0.133 e. The molecule has 5 heteroatoms. The van der Waals surface area contributed by atoms with Crippen molar-refractivity contribution in [2.75, 3.05) is 14.2 Å². The van der Waals surface area contributed by atoms with Gasteiger partial charge in [-0.25, -0.2) is 0 Å². The molecule has 0 heterocycles. The Kier molecular flexibility index (Phi) is 5.14. The number of hydrogen-bond acceptors (Lipinski definition) is 3. The van der Waals surface area contributed by atoms with Crippen LogP contribution >= 0.6 is 27.5 Å². The van der Waals surface area contributed by atoms with Crippen LogP contribution in [-0.4, -0.2) is 19.3 Å². The molecule has 1 unspecified atom stereocenters.